The van der Waals surface area contributed by atoms with Crippen LogP contribution in [0.4, 0.5) is 4.39 Å². The molecule has 5 rings (SSSR count). The van der Waals surface area contributed by atoms with Gasteiger partial charge in [0.1, 0.15) is 11.4 Å². The van der Waals surface area contributed by atoms with Crippen LogP contribution in [-0.4, -0.2) is 38.6 Å². The van der Waals surface area contributed by atoms with E-state index in [1.165, 1.54) is 12.1 Å². The molecule has 8 heteroatoms. The van der Waals surface area contributed by atoms with Gasteiger partial charge < -0.3 is 14.0 Å². The van der Waals surface area contributed by atoms with Gasteiger partial charge in [-0.15, -0.1) is 0 Å². The first-order valence-corrected chi connectivity index (χ1v) is 11.6. The fourth-order valence-electron chi connectivity index (χ4n) is 4.51. The van der Waals surface area contributed by atoms with Crippen LogP contribution >= 0.6 is 0 Å². The molecule has 1 aliphatic heterocycles. The second-order valence-corrected chi connectivity index (χ2v) is 8.90. The monoisotopic (exact) mass is 472 g/mol. The van der Waals surface area contributed by atoms with Crippen LogP contribution in [0.3, 0.4) is 0 Å². The summed E-state index contributed by atoms with van der Waals surface area (Å²) in [7, 11) is 0. The predicted octanol–water partition coefficient (Wildman–Crippen LogP) is 4.41. The lowest BCUT2D eigenvalue weighted by Gasteiger charge is -2.31. The van der Waals surface area contributed by atoms with Crippen molar-refractivity contribution in [3.05, 3.63) is 106 Å². The normalized spacial score (nSPS) is 15.8. The molecule has 2 aromatic carbocycles. The van der Waals surface area contributed by atoms with Crippen LogP contribution in [0.5, 0.6) is 0 Å². The standard InChI is InChI=1S/C27H25FN4O3/c1-18-6-2-7-19(14-18)16-31-13-5-11-23(26(31)33)27(34)32-12-4-9-21(17-32)25-29-24(30-35-25)20-8-3-10-22(28)15-20/h2-3,5-8,10-11,13-15,21H,4,9,12,16-17H2,1H3/t21-/m1/s1. The third-order valence-corrected chi connectivity index (χ3v) is 6.27. The first kappa shape index (κ1) is 22.7. The van der Waals surface area contributed by atoms with Gasteiger partial charge in [0.25, 0.3) is 11.5 Å². The molecule has 1 atom stereocenters. The van der Waals surface area contributed by atoms with Gasteiger partial charge in [-0.3, -0.25) is 9.59 Å². The highest BCUT2D eigenvalue weighted by molar-refractivity contribution is 5.94. The van der Waals surface area contributed by atoms with Crippen LogP contribution in [0, 0.1) is 12.7 Å². The second-order valence-electron chi connectivity index (χ2n) is 8.90. The highest BCUT2D eigenvalue weighted by Gasteiger charge is 2.30. The van der Waals surface area contributed by atoms with Gasteiger partial charge >= 0.3 is 0 Å². The van der Waals surface area contributed by atoms with Crippen molar-refractivity contribution >= 4 is 5.91 Å². The quantitative estimate of drug-likeness (QED) is 0.430. The van der Waals surface area contributed by atoms with E-state index in [9.17, 15) is 14.0 Å². The maximum absolute atomic E-state index is 13.6. The number of benzene rings is 2. The van der Waals surface area contributed by atoms with Crippen molar-refractivity contribution < 1.29 is 13.7 Å². The summed E-state index contributed by atoms with van der Waals surface area (Å²) in [5.74, 6) is -0.111. The number of hydrogen-bond acceptors (Lipinski definition) is 5. The Kier molecular flexibility index (Phi) is 6.27. The Morgan fingerprint density at radius 3 is 2.83 bits per heavy atom. The van der Waals surface area contributed by atoms with E-state index in [4.69, 9.17) is 4.52 Å². The third kappa shape index (κ3) is 4.91. The Hall–Kier alpha value is -4.07. The minimum Gasteiger partial charge on any atom is -0.339 e. The topological polar surface area (TPSA) is 81.2 Å². The van der Waals surface area contributed by atoms with Crippen molar-refractivity contribution in [1.82, 2.24) is 19.6 Å². The maximum atomic E-state index is 13.6. The molecule has 1 aliphatic rings. The fraction of sp³-hybridized carbons (Fsp3) is 0.259. The molecule has 7 nitrogen and oxygen atoms in total. The summed E-state index contributed by atoms with van der Waals surface area (Å²) in [6.07, 6.45) is 3.23. The molecule has 1 saturated heterocycles. The number of aryl methyl sites for hydroxylation is 1. The lowest BCUT2D eigenvalue weighted by molar-refractivity contribution is 0.0693. The van der Waals surface area contributed by atoms with Crippen LogP contribution in [0.15, 0.2) is 76.2 Å². The molecule has 0 N–H and O–H groups in total. The molecule has 4 aromatic rings. The Labute approximate surface area is 201 Å². The number of carbonyl (C=O) groups excluding carboxylic acids is 1. The van der Waals surface area contributed by atoms with Crippen LogP contribution in [-0.2, 0) is 6.54 Å². The maximum Gasteiger partial charge on any atom is 0.263 e. The van der Waals surface area contributed by atoms with Gasteiger partial charge in [0, 0.05) is 24.8 Å². The van der Waals surface area contributed by atoms with Crippen LogP contribution in [0.25, 0.3) is 11.4 Å². The number of rotatable bonds is 5. The number of carbonyl (C=O) groups is 1. The van der Waals surface area contributed by atoms with E-state index in [2.05, 4.69) is 10.1 Å². The molecule has 0 bridgehead atoms. The number of nitrogens with zero attached hydrogens (tertiary/aromatic N) is 4. The number of aromatic nitrogens is 3. The Balaban J connectivity index is 1.33. The summed E-state index contributed by atoms with van der Waals surface area (Å²) in [6, 6.07) is 17.3. The summed E-state index contributed by atoms with van der Waals surface area (Å²) in [4.78, 5) is 32.6. The molecule has 0 aliphatic carbocycles. The SMILES string of the molecule is Cc1cccc(Cn2cccc(C(=O)N3CCC[C@@H](c4nc(-c5cccc(F)c5)no4)C3)c2=O)c1. The molecule has 0 radical (unpaired) electrons. The number of pyridine rings is 1. The van der Waals surface area contributed by atoms with Crippen molar-refractivity contribution in [3.8, 4) is 11.4 Å². The molecule has 0 saturated carbocycles. The van der Waals surface area contributed by atoms with Gasteiger partial charge in [-0.1, -0.05) is 47.1 Å². The van der Waals surface area contributed by atoms with Crippen molar-refractivity contribution in [3.63, 3.8) is 0 Å². The largest absolute Gasteiger partial charge is 0.339 e. The van der Waals surface area contributed by atoms with Gasteiger partial charge in [0.2, 0.25) is 11.7 Å². The van der Waals surface area contributed by atoms with Gasteiger partial charge in [0.05, 0.1) is 12.5 Å². The zero-order valence-electron chi connectivity index (χ0n) is 19.4. The molecule has 2 aromatic heterocycles. The lowest BCUT2D eigenvalue weighted by atomic mass is 9.97. The molecule has 35 heavy (non-hydrogen) atoms. The van der Waals surface area contributed by atoms with Crippen molar-refractivity contribution in [1.29, 1.82) is 0 Å². The zero-order valence-corrected chi connectivity index (χ0v) is 19.4. The zero-order chi connectivity index (χ0) is 24.4. The summed E-state index contributed by atoms with van der Waals surface area (Å²) in [6.45, 7) is 3.32. The average molecular weight is 473 g/mol. The Morgan fingerprint density at radius 1 is 1.14 bits per heavy atom. The van der Waals surface area contributed by atoms with E-state index in [-0.39, 0.29) is 28.8 Å². The minimum absolute atomic E-state index is 0.145. The highest BCUT2D eigenvalue weighted by atomic mass is 19.1. The van der Waals surface area contributed by atoms with Crippen molar-refractivity contribution in [2.45, 2.75) is 32.2 Å². The summed E-state index contributed by atoms with van der Waals surface area (Å²) in [5.41, 5.74) is 2.48. The van der Waals surface area contributed by atoms with Gasteiger partial charge in [-0.25, -0.2) is 4.39 Å². The molecular weight excluding hydrogens is 447 g/mol. The van der Waals surface area contributed by atoms with Crippen LogP contribution in [0.1, 0.15) is 46.1 Å². The first-order chi connectivity index (χ1) is 17.0. The molecule has 1 amide bonds. The Morgan fingerprint density at radius 2 is 2.00 bits per heavy atom. The molecular formula is C27H25FN4O3. The minimum atomic E-state index is -0.376. The van der Waals surface area contributed by atoms with E-state index in [0.29, 0.717) is 36.9 Å². The molecule has 0 spiro atoms. The average Bonchev–Trinajstić information content (AvgIpc) is 3.36. The summed E-state index contributed by atoms with van der Waals surface area (Å²) < 4.78 is 20.6. The molecule has 0 unspecified atom stereocenters. The van der Waals surface area contributed by atoms with E-state index in [1.807, 2.05) is 31.2 Å². The van der Waals surface area contributed by atoms with Crippen LogP contribution in [0.2, 0.25) is 0 Å². The molecule has 178 valence electrons. The Bertz CT molecular complexity index is 1430. The smallest absolute Gasteiger partial charge is 0.263 e. The predicted molar refractivity (Wildman–Crippen MR) is 129 cm³/mol. The second kappa shape index (κ2) is 9.66. The lowest BCUT2D eigenvalue weighted by Crippen LogP contribution is -2.42. The van der Waals surface area contributed by atoms with E-state index >= 15 is 0 Å². The van der Waals surface area contributed by atoms with Crippen molar-refractivity contribution in [2.75, 3.05) is 13.1 Å². The summed E-state index contributed by atoms with van der Waals surface area (Å²) >= 11 is 0. The number of hydrogen-bond donors (Lipinski definition) is 0. The first-order valence-electron chi connectivity index (χ1n) is 11.6. The molecule has 1 fully saturated rings. The number of piperidine rings is 1. The van der Waals surface area contributed by atoms with E-state index in [1.54, 1.807) is 39.9 Å². The van der Waals surface area contributed by atoms with Crippen LogP contribution < -0.4 is 5.56 Å². The van der Waals surface area contributed by atoms with Gasteiger partial charge in [0.15, 0.2) is 0 Å². The number of halogens is 1. The number of amides is 1. The van der Waals surface area contributed by atoms with Gasteiger partial charge in [-0.2, -0.15) is 4.98 Å². The highest BCUT2D eigenvalue weighted by Crippen LogP contribution is 2.28. The van der Waals surface area contributed by atoms with Crippen molar-refractivity contribution in [2.24, 2.45) is 0 Å². The van der Waals surface area contributed by atoms with Gasteiger partial charge in [-0.05, 0) is 49.6 Å². The third-order valence-electron chi connectivity index (χ3n) is 6.27. The van der Waals surface area contributed by atoms with E-state index < -0.39 is 0 Å². The number of likely N-dealkylation sites (tertiary alicyclic amines) is 1. The van der Waals surface area contributed by atoms with E-state index in [0.717, 1.165) is 24.0 Å². The molecule has 3 heterocycles. The summed E-state index contributed by atoms with van der Waals surface area (Å²) in [5, 5.41) is 3.99. The fourth-order valence-corrected chi connectivity index (χ4v) is 4.51.